The van der Waals surface area contributed by atoms with E-state index in [9.17, 15) is 9.18 Å². The van der Waals surface area contributed by atoms with Crippen molar-refractivity contribution in [1.29, 1.82) is 0 Å². The van der Waals surface area contributed by atoms with Gasteiger partial charge in [0.05, 0.1) is 17.6 Å². The molecule has 4 aromatic rings. The maximum Gasteiger partial charge on any atom is 0.258 e. The predicted octanol–water partition coefficient (Wildman–Crippen LogP) is 4.62. The Morgan fingerprint density at radius 2 is 2.00 bits per heavy atom. The molecule has 2 unspecified atom stereocenters. The number of hydrogen-bond acceptors (Lipinski definition) is 4. The summed E-state index contributed by atoms with van der Waals surface area (Å²) in [5, 5.41) is 4.93. The summed E-state index contributed by atoms with van der Waals surface area (Å²) in [5.41, 5.74) is 4.99. The molecule has 172 valence electrons. The fraction of sp³-hybridized carbons (Fsp3) is 0.250. The summed E-state index contributed by atoms with van der Waals surface area (Å²) in [7, 11) is 0. The summed E-state index contributed by atoms with van der Waals surface area (Å²) in [6.45, 7) is 0.167. The molecule has 2 atom stereocenters. The van der Waals surface area contributed by atoms with E-state index >= 15 is 0 Å². The molecule has 33 heavy (non-hydrogen) atoms. The molecule has 1 fully saturated rings. The van der Waals surface area contributed by atoms with Gasteiger partial charge in [0, 0.05) is 47.4 Å². The molecular weight excluding hydrogens is 466 g/mol. The minimum Gasteiger partial charge on any atom is -0.487 e. The van der Waals surface area contributed by atoms with Crippen molar-refractivity contribution < 1.29 is 9.13 Å². The zero-order chi connectivity index (χ0) is 20.9. The second kappa shape index (κ2) is 9.17. The van der Waals surface area contributed by atoms with Crippen molar-refractivity contribution in [3.8, 4) is 11.4 Å². The van der Waals surface area contributed by atoms with E-state index in [1.807, 2.05) is 12.1 Å². The van der Waals surface area contributed by atoms with E-state index in [0.29, 0.717) is 23.5 Å². The van der Waals surface area contributed by atoms with Crippen LogP contribution in [0.3, 0.4) is 0 Å². The van der Waals surface area contributed by atoms with Gasteiger partial charge in [0.1, 0.15) is 18.2 Å². The molecule has 5 heterocycles. The lowest BCUT2D eigenvalue weighted by molar-refractivity contribution is 0.300. The topological polar surface area (TPSA) is 71.9 Å². The SMILES string of the molecule is Cl.Cl.O=c1cc(OCc2ccc(F)cn2)ccn1-c1ccc2c3c([nH]c2c1)CC1CCC3N1. The monoisotopic (exact) mass is 488 g/mol. The molecule has 9 heteroatoms. The van der Waals surface area contributed by atoms with Crippen LogP contribution in [0.25, 0.3) is 16.6 Å². The van der Waals surface area contributed by atoms with Crippen molar-refractivity contribution in [3.05, 3.63) is 88.0 Å². The Bertz CT molecular complexity index is 1350. The molecule has 1 saturated heterocycles. The normalized spacial score (nSPS) is 18.3. The van der Waals surface area contributed by atoms with Crippen molar-refractivity contribution in [3.63, 3.8) is 0 Å². The van der Waals surface area contributed by atoms with Crippen LogP contribution in [0.1, 0.15) is 35.8 Å². The highest BCUT2D eigenvalue weighted by Crippen LogP contribution is 2.40. The maximum absolute atomic E-state index is 13.0. The Hall–Kier alpha value is -2.87. The molecule has 2 aliphatic heterocycles. The Kier molecular flexibility index (Phi) is 6.47. The third-order valence-corrected chi connectivity index (χ3v) is 6.29. The van der Waals surface area contributed by atoms with E-state index < -0.39 is 5.82 Å². The highest BCUT2D eigenvalue weighted by molar-refractivity contribution is 5.87. The summed E-state index contributed by atoms with van der Waals surface area (Å²) in [6.07, 6.45) is 6.30. The Labute approximate surface area is 202 Å². The van der Waals surface area contributed by atoms with Crippen molar-refractivity contribution in [2.45, 2.75) is 38.0 Å². The van der Waals surface area contributed by atoms with Crippen molar-refractivity contribution in [1.82, 2.24) is 19.9 Å². The van der Waals surface area contributed by atoms with E-state index in [2.05, 4.69) is 21.4 Å². The van der Waals surface area contributed by atoms with Gasteiger partial charge in [-0.1, -0.05) is 6.07 Å². The third-order valence-electron chi connectivity index (χ3n) is 6.29. The van der Waals surface area contributed by atoms with Crippen LogP contribution >= 0.6 is 24.8 Å². The first kappa shape index (κ1) is 23.3. The summed E-state index contributed by atoms with van der Waals surface area (Å²) in [4.78, 5) is 20.3. The largest absolute Gasteiger partial charge is 0.487 e. The fourth-order valence-electron chi connectivity index (χ4n) is 4.84. The average molecular weight is 489 g/mol. The molecule has 0 aliphatic carbocycles. The van der Waals surface area contributed by atoms with Crippen LogP contribution in [0, 0.1) is 5.82 Å². The predicted molar refractivity (Wildman–Crippen MR) is 130 cm³/mol. The number of nitrogens with one attached hydrogen (secondary N) is 2. The minimum atomic E-state index is -0.394. The number of aromatic amines is 1. The molecular formula is C24H23Cl2FN4O2. The van der Waals surface area contributed by atoms with Crippen LogP contribution in [0.4, 0.5) is 4.39 Å². The molecule has 0 saturated carbocycles. The number of hydrogen-bond donors (Lipinski definition) is 2. The molecule has 0 radical (unpaired) electrons. The number of fused-ring (bicyclic) bond motifs is 6. The molecule has 6 rings (SSSR count). The maximum atomic E-state index is 13.0. The highest BCUT2D eigenvalue weighted by Gasteiger charge is 2.34. The zero-order valence-electron chi connectivity index (χ0n) is 17.6. The van der Waals surface area contributed by atoms with E-state index in [-0.39, 0.29) is 37.0 Å². The van der Waals surface area contributed by atoms with Gasteiger partial charge in [0.25, 0.3) is 5.56 Å². The van der Waals surface area contributed by atoms with Crippen LogP contribution in [0.15, 0.2) is 59.7 Å². The van der Waals surface area contributed by atoms with Gasteiger partial charge in [0.2, 0.25) is 0 Å². The van der Waals surface area contributed by atoms with E-state index in [1.165, 1.54) is 41.6 Å². The number of rotatable bonds is 4. The number of nitrogens with zero attached hydrogens (tertiary/aromatic N) is 2. The molecule has 2 bridgehead atoms. The lowest BCUT2D eigenvalue weighted by Gasteiger charge is -2.21. The number of pyridine rings is 2. The average Bonchev–Trinajstić information content (AvgIpc) is 3.34. The van der Waals surface area contributed by atoms with Gasteiger partial charge in [0.15, 0.2) is 0 Å². The van der Waals surface area contributed by atoms with Crippen LogP contribution in [0.2, 0.25) is 0 Å². The van der Waals surface area contributed by atoms with Crippen LogP contribution < -0.4 is 15.6 Å². The molecule has 1 aromatic carbocycles. The second-order valence-electron chi connectivity index (χ2n) is 8.27. The Morgan fingerprint density at radius 1 is 1.12 bits per heavy atom. The lowest BCUT2D eigenvalue weighted by Crippen LogP contribution is -2.31. The van der Waals surface area contributed by atoms with Gasteiger partial charge in [-0.15, -0.1) is 24.8 Å². The molecule has 6 nitrogen and oxygen atoms in total. The Balaban J connectivity index is 0.00000130. The van der Waals surface area contributed by atoms with Gasteiger partial charge in [-0.2, -0.15) is 0 Å². The van der Waals surface area contributed by atoms with Crippen molar-refractivity contribution >= 4 is 35.7 Å². The molecule has 2 N–H and O–H groups in total. The van der Waals surface area contributed by atoms with Crippen molar-refractivity contribution in [2.24, 2.45) is 0 Å². The number of benzene rings is 1. The first-order valence-electron chi connectivity index (χ1n) is 10.5. The van der Waals surface area contributed by atoms with E-state index in [1.54, 1.807) is 22.9 Å². The van der Waals surface area contributed by atoms with E-state index in [4.69, 9.17) is 4.74 Å². The number of halogens is 3. The summed E-state index contributed by atoms with van der Waals surface area (Å²) in [5.74, 6) is 0.0564. The molecule has 3 aromatic heterocycles. The van der Waals surface area contributed by atoms with Gasteiger partial charge >= 0.3 is 0 Å². The lowest BCUT2D eigenvalue weighted by atomic mass is 9.99. The standard InChI is InChI=1S/C24H21FN4O2.2ClH/c25-14-1-2-16(26-12-14)13-31-18-7-8-29(23(30)11-18)17-4-5-19-21(10-17)28-22-9-15-3-6-20(27-15)24(19)22;;/h1-2,4-5,7-8,10-12,15,20,27-28H,3,6,9,13H2;2*1H. The summed E-state index contributed by atoms with van der Waals surface area (Å²) in [6, 6.07) is 13.2. The number of aromatic nitrogens is 3. The number of H-pyrrole nitrogens is 1. The smallest absolute Gasteiger partial charge is 0.258 e. The fourth-order valence-corrected chi connectivity index (χ4v) is 4.84. The van der Waals surface area contributed by atoms with Gasteiger partial charge < -0.3 is 15.0 Å². The van der Waals surface area contributed by atoms with E-state index in [0.717, 1.165) is 23.8 Å². The minimum absolute atomic E-state index is 0. The van der Waals surface area contributed by atoms with Crippen LogP contribution in [-0.4, -0.2) is 20.6 Å². The second-order valence-corrected chi connectivity index (χ2v) is 8.27. The summed E-state index contributed by atoms with van der Waals surface area (Å²) >= 11 is 0. The summed E-state index contributed by atoms with van der Waals surface area (Å²) < 4.78 is 20.2. The highest BCUT2D eigenvalue weighted by atomic mass is 35.5. The molecule has 0 amide bonds. The van der Waals surface area contributed by atoms with Gasteiger partial charge in [-0.05, 0) is 48.7 Å². The zero-order valence-corrected chi connectivity index (χ0v) is 19.2. The quantitative estimate of drug-likeness (QED) is 0.439. The number of ether oxygens (including phenoxy) is 1. The van der Waals surface area contributed by atoms with Gasteiger partial charge in [-0.3, -0.25) is 14.3 Å². The van der Waals surface area contributed by atoms with Crippen molar-refractivity contribution in [2.75, 3.05) is 0 Å². The van der Waals surface area contributed by atoms with Gasteiger partial charge in [-0.25, -0.2) is 4.39 Å². The molecule has 0 spiro atoms. The van der Waals surface area contributed by atoms with Crippen LogP contribution in [0.5, 0.6) is 5.75 Å². The molecule has 2 aliphatic rings. The van der Waals surface area contributed by atoms with Crippen LogP contribution in [-0.2, 0) is 13.0 Å². The first-order chi connectivity index (χ1) is 15.1. The first-order valence-corrected chi connectivity index (χ1v) is 10.5. The third kappa shape index (κ3) is 4.24. The Morgan fingerprint density at radius 3 is 2.79 bits per heavy atom.